The SMILES string of the molecule is C/C(=C/c1ccc(Cl)c(Br)c1)C(=O)O. The van der Waals surface area contributed by atoms with Gasteiger partial charge in [-0.1, -0.05) is 17.7 Å². The van der Waals surface area contributed by atoms with Crippen molar-refractivity contribution in [3.8, 4) is 0 Å². The minimum atomic E-state index is -0.920. The molecule has 0 heterocycles. The summed E-state index contributed by atoms with van der Waals surface area (Å²) in [6, 6.07) is 5.25. The second-order valence-corrected chi connectivity index (χ2v) is 4.07. The molecule has 14 heavy (non-hydrogen) atoms. The molecule has 0 amide bonds. The van der Waals surface area contributed by atoms with Crippen LogP contribution in [-0.2, 0) is 4.79 Å². The third-order valence-electron chi connectivity index (χ3n) is 1.66. The fourth-order valence-corrected chi connectivity index (χ4v) is 1.43. The van der Waals surface area contributed by atoms with Crippen LogP contribution in [0.1, 0.15) is 12.5 Å². The lowest BCUT2D eigenvalue weighted by molar-refractivity contribution is -0.132. The van der Waals surface area contributed by atoms with Crippen LogP contribution in [0.15, 0.2) is 28.2 Å². The van der Waals surface area contributed by atoms with Crippen molar-refractivity contribution in [1.29, 1.82) is 0 Å². The van der Waals surface area contributed by atoms with E-state index in [-0.39, 0.29) is 0 Å². The van der Waals surface area contributed by atoms with Crippen LogP contribution in [0.2, 0.25) is 5.02 Å². The van der Waals surface area contributed by atoms with E-state index in [0.717, 1.165) is 10.0 Å². The molecule has 1 aromatic carbocycles. The van der Waals surface area contributed by atoms with E-state index in [1.165, 1.54) is 0 Å². The largest absolute Gasteiger partial charge is 0.478 e. The predicted octanol–water partition coefficient (Wildman–Crippen LogP) is 3.59. The van der Waals surface area contributed by atoms with E-state index in [9.17, 15) is 4.79 Å². The van der Waals surface area contributed by atoms with Gasteiger partial charge >= 0.3 is 5.97 Å². The molecule has 0 atom stereocenters. The Balaban J connectivity index is 3.04. The molecular weight excluding hydrogens is 267 g/mol. The van der Waals surface area contributed by atoms with Gasteiger partial charge in [0.25, 0.3) is 0 Å². The van der Waals surface area contributed by atoms with E-state index < -0.39 is 5.97 Å². The summed E-state index contributed by atoms with van der Waals surface area (Å²) in [6.45, 7) is 1.55. The summed E-state index contributed by atoms with van der Waals surface area (Å²) < 4.78 is 0.756. The van der Waals surface area contributed by atoms with E-state index in [2.05, 4.69) is 15.9 Å². The number of rotatable bonds is 2. The number of aliphatic carboxylic acids is 1. The van der Waals surface area contributed by atoms with Gasteiger partial charge in [0, 0.05) is 10.0 Å². The average Bonchev–Trinajstić information content (AvgIpc) is 2.11. The molecule has 0 radical (unpaired) electrons. The molecule has 74 valence electrons. The number of halogens is 2. The minimum absolute atomic E-state index is 0.291. The first-order valence-corrected chi connectivity index (χ1v) is 5.04. The summed E-state index contributed by atoms with van der Waals surface area (Å²) in [5, 5.41) is 9.27. The fourth-order valence-electron chi connectivity index (χ4n) is 0.914. The third-order valence-corrected chi connectivity index (χ3v) is 2.88. The van der Waals surface area contributed by atoms with Crippen molar-refractivity contribution >= 4 is 39.6 Å². The van der Waals surface area contributed by atoms with Gasteiger partial charge in [-0.15, -0.1) is 0 Å². The van der Waals surface area contributed by atoms with E-state index >= 15 is 0 Å². The van der Waals surface area contributed by atoms with Crippen molar-refractivity contribution in [2.24, 2.45) is 0 Å². The lowest BCUT2D eigenvalue weighted by Gasteiger charge is -1.98. The van der Waals surface area contributed by atoms with Gasteiger partial charge in [0.05, 0.1) is 5.02 Å². The Morgan fingerprint density at radius 2 is 2.21 bits per heavy atom. The molecule has 0 aliphatic heterocycles. The first-order valence-electron chi connectivity index (χ1n) is 3.87. The molecule has 0 spiro atoms. The molecule has 1 rings (SSSR count). The lowest BCUT2D eigenvalue weighted by Crippen LogP contribution is -1.95. The van der Waals surface area contributed by atoms with Crippen molar-refractivity contribution in [1.82, 2.24) is 0 Å². The number of benzene rings is 1. The standard InChI is InChI=1S/C10H8BrClO2/c1-6(10(13)14)4-7-2-3-9(12)8(11)5-7/h2-5H,1H3,(H,13,14)/b6-4-. The predicted molar refractivity (Wildman–Crippen MR) is 60.4 cm³/mol. The lowest BCUT2D eigenvalue weighted by atomic mass is 10.1. The number of hydrogen-bond acceptors (Lipinski definition) is 1. The molecule has 0 aromatic heterocycles. The topological polar surface area (TPSA) is 37.3 Å². The number of carboxylic acid groups (broad SMARTS) is 1. The first kappa shape index (κ1) is 11.3. The van der Waals surface area contributed by atoms with Crippen molar-refractivity contribution in [2.45, 2.75) is 6.92 Å². The molecule has 1 N–H and O–H groups in total. The highest BCUT2D eigenvalue weighted by atomic mass is 79.9. The molecular formula is C10H8BrClO2. The highest BCUT2D eigenvalue weighted by Gasteiger charge is 2.01. The van der Waals surface area contributed by atoms with Crippen LogP contribution in [0, 0.1) is 0 Å². The number of carboxylic acids is 1. The second-order valence-electron chi connectivity index (χ2n) is 2.81. The van der Waals surface area contributed by atoms with Gasteiger partial charge in [-0.25, -0.2) is 4.79 Å². The Hall–Kier alpha value is -0.800. The maximum absolute atomic E-state index is 10.5. The van der Waals surface area contributed by atoms with E-state index in [1.54, 1.807) is 31.2 Å². The Morgan fingerprint density at radius 1 is 1.57 bits per heavy atom. The molecule has 4 heteroatoms. The van der Waals surface area contributed by atoms with Gasteiger partial charge in [0.15, 0.2) is 0 Å². The van der Waals surface area contributed by atoms with E-state index in [0.29, 0.717) is 10.6 Å². The molecule has 0 aliphatic carbocycles. The average molecular weight is 276 g/mol. The fraction of sp³-hybridized carbons (Fsp3) is 0.100. The molecule has 0 saturated carbocycles. The molecule has 0 fully saturated rings. The first-order chi connectivity index (χ1) is 6.50. The third kappa shape index (κ3) is 2.86. The van der Waals surface area contributed by atoms with Crippen LogP contribution in [-0.4, -0.2) is 11.1 Å². The quantitative estimate of drug-likeness (QED) is 0.838. The molecule has 0 bridgehead atoms. The molecule has 0 saturated heterocycles. The summed E-state index contributed by atoms with van der Waals surface area (Å²) in [7, 11) is 0. The van der Waals surface area contributed by atoms with E-state index in [1.807, 2.05) is 0 Å². The molecule has 2 nitrogen and oxygen atoms in total. The maximum atomic E-state index is 10.5. The van der Waals surface area contributed by atoms with Gasteiger partial charge < -0.3 is 5.11 Å². The normalized spacial score (nSPS) is 11.5. The van der Waals surface area contributed by atoms with Crippen molar-refractivity contribution < 1.29 is 9.90 Å². The van der Waals surface area contributed by atoms with Crippen LogP contribution >= 0.6 is 27.5 Å². The zero-order valence-electron chi connectivity index (χ0n) is 7.42. The van der Waals surface area contributed by atoms with Crippen LogP contribution < -0.4 is 0 Å². The van der Waals surface area contributed by atoms with Crippen molar-refractivity contribution in [3.63, 3.8) is 0 Å². The number of carbonyl (C=O) groups is 1. The highest BCUT2D eigenvalue weighted by Crippen LogP contribution is 2.24. The van der Waals surface area contributed by atoms with Gasteiger partial charge in [-0.2, -0.15) is 0 Å². The van der Waals surface area contributed by atoms with Crippen LogP contribution in [0.3, 0.4) is 0 Å². The summed E-state index contributed by atoms with van der Waals surface area (Å²) in [5.41, 5.74) is 1.10. The summed E-state index contributed by atoms with van der Waals surface area (Å²) >= 11 is 9.06. The van der Waals surface area contributed by atoms with Gasteiger partial charge in [0.2, 0.25) is 0 Å². The highest BCUT2D eigenvalue weighted by molar-refractivity contribution is 9.10. The maximum Gasteiger partial charge on any atom is 0.331 e. The molecule has 0 aliphatic rings. The summed E-state index contributed by atoms with van der Waals surface area (Å²) in [6.07, 6.45) is 1.59. The Morgan fingerprint density at radius 3 is 2.71 bits per heavy atom. The summed E-state index contributed by atoms with van der Waals surface area (Å²) in [4.78, 5) is 10.5. The molecule has 0 unspecified atom stereocenters. The van der Waals surface area contributed by atoms with Gasteiger partial charge in [0.1, 0.15) is 0 Å². The van der Waals surface area contributed by atoms with E-state index in [4.69, 9.17) is 16.7 Å². The van der Waals surface area contributed by atoms with Crippen LogP contribution in [0.5, 0.6) is 0 Å². The minimum Gasteiger partial charge on any atom is -0.478 e. The van der Waals surface area contributed by atoms with Gasteiger partial charge in [-0.05, 0) is 46.6 Å². The van der Waals surface area contributed by atoms with Crippen molar-refractivity contribution in [3.05, 3.63) is 38.8 Å². The monoisotopic (exact) mass is 274 g/mol. The Bertz CT molecular complexity index is 399. The van der Waals surface area contributed by atoms with Crippen LogP contribution in [0.4, 0.5) is 0 Å². The zero-order chi connectivity index (χ0) is 10.7. The smallest absolute Gasteiger partial charge is 0.331 e. The van der Waals surface area contributed by atoms with Crippen LogP contribution in [0.25, 0.3) is 6.08 Å². The van der Waals surface area contributed by atoms with Gasteiger partial charge in [-0.3, -0.25) is 0 Å². The Kier molecular flexibility index (Phi) is 3.72. The second kappa shape index (κ2) is 4.62. The zero-order valence-corrected chi connectivity index (χ0v) is 9.76. The number of hydrogen-bond donors (Lipinski definition) is 1. The Labute approximate surface area is 95.3 Å². The molecule has 1 aromatic rings. The van der Waals surface area contributed by atoms with Crippen molar-refractivity contribution in [2.75, 3.05) is 0 Å². The summed E-state index contributed by atoms with van der Waals surface area (Å²) in [5.74, 6) is -0.920.